The Bertz CT molecular complexity index is 1650. The molecule has 0 spiro atoms. The number of hydrogen-bond donors (Lipinski definition) is 4. The van der Waals surface area contributed by atoms with Crippen molar-refractivity contribution in [2.45, 2.75) is 12.8 Å². The van der Waals surface area contributed by atoms with Gasteiger partial charge in [-0.2, -0.15) is 0 Å². The molecule has 12 heteroatoms. The molecule has 1 aliphatic heterocycles. The Balaban J connectivity index is 1.18. The van der Waals surface area contributed by atoms with Gasteiger partial charge in [0.1, 0.15) is 22.6 Å². The monoisotopic (exact) mass is 585 g/mol. The number of anilines is 4. The Kier molecular flexibility index (Phi) is 7.78. The number of morpholine rings is 1. The molecule has 0 unspecified atom stereocenters. The molecule has 222 valence electrons. The van der Waals surface area contributed by atoms with E-state index in [9.17, 15) is 18.8 Å². The zero-order valence-corrected chi connectivity index (χ0v) is 23.4. The number of nitrogens with zero attached hydrogens (tertiary/aromatic N) is 3. The number of ether oxygens (including phenoxy) is 1. The van der Waals surface area contributed by atoms with Crippen molar-refractivity contribution in [2.24, 2.45) is 11.1 Å². The minimum absolute atomic E-state index is 0.212. The Morgan fingerprint density at radius 1 is 1.02 bits per heavy atom. The average Bonchev–Trinajstić information content (AvgIpc) is 3.72. The number of H-pyrrole nitrogens is 1. The lowest BCUT2D eigenvalue weighted by atomic mass is 10.0. The average molecular weight is 586 g/mol. The normalized spacial score (nSPS) is 16.0. The van der Waals surface area contributed by atoms with Gasteiger partial charge in [-0.25, -0.2) is 9.37 Å². The number of fused-ring (bicyclic) bond motifs is 1. The second-order valence-corrected chi connectivity index (χ2v) is 10.7. The molecule has 1 saturated carbocycles. The number of carbonyl (C=O) groups is 3. The molecule has 2 aliphatic rings. The van der Waals surface area contributed by atoms with E-state index in [4.69, 9.17) is 10.5 Å². The zero-order chi connectivity index (χ0) is 30.0. The fourth-order valence-electron chi connectivity index (χ4n) is 5.23. The van der Waals surface area contributed by atoms with Crippen LogP contribution in [0.4, 0.5) is 27.1 Å². The standard InChI is InChI=1S/C31H32FN7O4/c32-20-1-5-22(6-2-20)39(30(42)31(10-11-31)29(33)41)23-7-3-21(4-8-23)36-25-9-12-34-27-24(25)19-26(37-27)28(40)35-13-14-38-15-17-43-18-16-38/h1-9,12,19H,10-11,13-18H2,(H2,33,41)(H,35,40)(H2,34,36,37). The summed E-state index contributed by atoms with van der Waals surface area (Å²) in [5.41, 5.74) is 7.69. The van der Waals surface area contributed by atoms with Crippen molar-refractivity contribution in [3.05, 3.63) is 78.4 Å². The molecule has 2 aromatic heterocycles. The molecule has 0 bridgehead atoms. The van der Waals surface area contributed by atoms with Gasteiger partial charge in [-0.3, -0.25) is 24.2 Å². The highest BCUT2D eigenvalue weighted by Crippen LogP contribution is 2.49. The van der Waals surface area contributed by atoms with Gasteiger partial charge in [-0.15, -0.1) is 0 Å². The van der Waals surface area contributed by atoms with Crippen LogP contribution in [0.1, 0.15) is 23.3 Å². The summed E-state index contributed by atoms with van der Waals surface area (Å²) < 4.78 is 19.0. The van der Waals surface area contributed by atoms with Crippen molar-refractivity contribution < 1.29 is 23.5 Å². The molecule has 4 aromatic rings. The number of benzene rings is 2. The first-order chi connectivity index (χ1) is 20.8. The van der Waals surface area contributed by atoms with Crippen LogP contribution in [0.3, 0.4) is 0 Å². The van der Waals surface area contributed by atoms with Gasteiger partial charge < -0.3 is 26.1 Å². The van der Waals surface area contributed by atoms with Crippen molar-refractivity contribution in [2.75, 3.05) is 49.6 Å². The molecule has 5 N–H and O–H groups in total. The molecular formula is C31H32FN7O4. The molecule has 6 rings (SSSR count). The molecule has 43 heavy (non-hydrogen) atoms. The van der Waals surface area contributed by atoms with Crippen molar-refractivity contribution in [3.63, 3.8) is 0 Å². The fourth-order valence-corrected chi connectivity index (χ4v) is 5.23. The summed E-state index contributed by atoms with van der Waals surface area (Å²) in [7, 11) is 0. The van der Waals surface area contributed by atoms with Crippen LogP contribution >= 0.6 is 0 Å². The highest BCUT2D eigenvalue weighted by atomic mass is 19.1. The molecule has 3 heterocycles. The van der Waals surface area contributed by atoms with E-state index in [2.05, 4.69) is 25.5 Å². The van der Waals surface area contributed by atoms with Gasteiger partial charge in [-0.05, 0) is 73.5 Å². The predicted molar refractivity (Wildman–Crippen MR) is 160 cm³/mol. The summed E-state index contributed by atoms with van der Waals surface area (Å²) in [6.45, 7) is 4.41. The molecule has 0 atom stereocenters. The van der Waals surface area contributed by atoms with Crippen molar-refractivity contribution in [3.8, 4) is 0 Å². The molecule has 2 fully saturated rings. The number of primary amides is 1. The molecule has 1 aliphatic carbocycles. The summed E-state index contributed by atoms with van der Waals surface area (Å²) in [6, 6.07) is 16.1. The van der Waals surface area contributed by atoms with Gasteiger partial charge in [0, 0.05) is 54.8 Å². The predicted octanol–water partition coefficient (Wildman–Crippen LogP) is 3.44. The second-order valence-electron chi connectivity index (χ2n) is 10.7. The van der Waals surface area contributed by atoms with Gasteiger partial charge in [0.15, 0.2) is 0 Å². The van der Waals surface area contributed by atoms with Crippen LogP contribution in [-0.2, 0) is 14.3 Å². The van der Waals surface area contributed by atoms with E-state index in [0.29, 0.717) is 55.3 Å². The van der Waals surface area contributed by atoms with Crippen molar-refractivity contribution >= 4 is 51.5 Å². The number of nitrogens with two attached hydrogens (primary N) is 1. The number of aromatic amines is 1. The van der Waals surface area contributed by atoms with Crippen molar-refractivity contribution in [1.29, 1.82) is 0 Å². The number of nitrogens with one attached hydrogen (secondary N) is 3. The molecule has 0 radical (unpaired) electrons. The maximum atomic E-state index is 13.6. The largest absolute Gasteiger partial charge is 0.379 e. The Morgan fingerprint density at radius 2 is 1.70 bits per heavy atom. The minimum atomic E-state index is -1.26. The third-order valence-electron chi connectivity index (χ3n) is 7.92. The summed E-state index contributed by atoms with van der Waals surface area (Å²) in [5.74, 6) is -1.75. The Morgan fingerprint density at radius 3 is 2.35 bits per heavy atom. The number of halogens is 1. The SMILES string of the molecule is NC(=O)C1(C(=O)N(c2ccc(F)cc2)c2ccc(Nc3ccnc4[nH]c(C(=O)NCCN5CCOCC5)cc34)cc2)CC1. The molecule has 2 aromatic carbocycles. The first-order valence-corrected chi connectivity index (χ1v) is 14.2. The summed E-state index contributed by atoms with van der Waals surface area (Å²) >= 11 is 0. The van der Waals surface area contributed by atoms with E-state index >= 15 is 0 Å². The smallest absolute Gasteiger partial charge is 0.267 e. The Labute approximate surface area is 247 Å². The number of pyridine rings is 1. The van der Waals surface area contributed by atoms with Crippen LogP contribution in [0.25, 0.3) is 11.0 Å². The van der Waals surface area contributed by atoms with Crippen LogP contribution in [0, 0.1) is 11.2 Å². The number of rotatable bonds is 10. The maximum Gasteiger partial charge on any atom is 0.267 e. The van der Waals surface area contributed by atoms with Crippen LogP contribution < -0.4 is 21.3 Å². The first kappa shape index (κ1) is 28.3. The minimum Gasteiger partial charge on any atom is -0.379 e. The van der Waals surface area contributed by atoms with Crippen LogP contribution in [0.2, 0.25) is 0 Å². The van der Waals surface area contributed by atoms with Crippen molar-refractivity contribution in [1.82, 2.24) is 20.2 Å². The highest BCUT2D eigenvalue weighted by molar-refractivity contribution is 6.16. The third-order valence-corrected chi connectivity index (χ3v) is 7.92. The van der Waals surface area contributed by atoms with Crippen LogP contribution in [0.5, 0.6) is 0 Å². The van der Waals surface area contributed by atoms with Gasteiger partial charge in [0.2, 0.25) is 11.8 Å². The van der Waals surface area contributed by atoms with Gasteiger partial charge in [-0.1, -0.05) is 0 Å². The van der Waals surface area contributed by atoms with E-state index in [1.165, 1.54) is 29.2 Å². The van der Waals surface area contributed by atoms with Gasteiger partial charge in [0.05, 0.1) is 18.9 Å². The summed E-state index contributed by atoms with van der Waals surface area (Å²) in [5, 5.41) is 7.05. The topological polar surface area (TPSA) is 146 Å². The molecule has 1 saturated heterocycles. The lowest BCUT2D eigenvalue weighted by Crippen LogP contribution is -2.41. The molecular weight excluding hydrogens is 553 g/mol. The first-order valence-electron chi connectivity index (χ1n) is 14.2. The second kappa shape index (κ2) is 11.8. The fraction of sp³-hybridized carbons (Fsp3) is 0.290. The van der Waals surface area contributed by atoms with E-state index < -0.39 is 23.0 Å². The summed E-state index contributed by atoms with van der Waals surface area (Å²) in [4.78, 5) is 49.6. The van der Waals surface area contributed by atoms with E-state index in [0.717, 1.165) is 36.4 Å². The zero-order valence-electron chi connectivity index (χ0n) is 23.4. The highest BCUT2D eigenvalue weighted by Gasteiger charge is 2.57. The Hall–Kier alpha value is -4.81. The van der Waals surface area contributed by atoms with Crippen LogP contribution in [0.15, 0.2) is 66.9 Å². The van der Waals surface area contributed by atoms with E-state index in [-0.39, 0.29) is 5.91 Å². The molecule has 3 amide bonds. The quantitative estimate of drug-likeness (QED) is 0.209. The number of carbonyl (C=O) groups excluding carboxylic acids is 3. The number of amides is 3. The molecule has 11 nitrogen and oxygen atoms in total. The van der Waals surface area contributed by atoms with Crippen LogP contribution in [-0.4, -0.2) is 72.0 Å². The van der Waals surface area contributed by atoms with Gasteiger partial charge in [0.25, 0.3) is 5.91 Å². The van der Waals surface area contributed by atoms with E-state index in [1.807, 2.05) is 6.07 Å². The number of aromatic nitrogens is 2. The van der Waals surface area contributed by atoms with Gasteiger partial charge >= 0.3 is 0 Å². The third kappa shape index (κ3) is 5.92. The number of hydrogen-bond acceptors (Lipinski definition) is 7. The van der Waals surface area contributed by atoms with E-state index in [1.54, 1.807) is 36.5 Å². The lowest BCUT2D eigenvalue weighted by molar-refractivity contribution is -0.133. The maximum absolute atomic E-state index is 13.6. The lowest BCUT2D eigenvalue weighted by Gasteiger charge is -2.26. The summed E-state index contributed by atoms with van der Waals surface area (Å²) in [6.07, 6.45) is 2.39.